The number of hydrogen-bond acceptors (Lipinski definition) is 5. The van der Waals surface area contributed by atoms with Crippen LogP contribution < -0.4 is 10.6 Å². The van der Waals surface area contributed by atoms with Crippen molar-refractivity contribution < 1.29 is 9.53 Å². The number of allylic oxidation sites excluding steroid dienone is 4. The minimum Gasteiger partial charge on any atom is -0.489 e. The summed E-state index contributed by atoms with van der Waals surface area (Å²) in [5.41, 5.74) is 2.00. The number of aromatic nitrogens is 2. The number of amides is 1. The highest BCUT2D eigenvalue weighted by Crippen LogP contribution is 2.19. The van der Waals surface area contributed by atoms with E-state index in [2.05, 4.69) is 15.7 Å². The van der Waals surface area contributed by atoms with Gasteiger partial charge >= 0.3 is 0 Å². The van der Waals surface area contributed by atoms with Crippen molar-refractivity contribution in [3.05, 3.63) is 83.4 Å². The maximum Gasteiger partial charge on any atom is 0.273 e. The van der Waals surface area contributed by atoms with Crippen LogP contribution in [0.3, 0.4) is 0 Å². The molecule has 0 saturated carbocycles. The van der Waals surface area contributed by atoms with E-state index in [9.17, 15) is 4.79 Å². The highest BCUT2D eigenvalue weighted by Gasteiger charge is 2.19. The van der Waals surface area contributed by atoms with E-state index in [0.29, 0.717) is 23.8 Å². The third-order valence-corrected chi connectivity index (χ3v) is 3.94. The van der Waals surface area contributed by atoms with Gasteiger partial charge in [0, 0.05) is 31.9 Å². The molecule has 1 heterocycles. The normalized spacial score (nSPS) is 15.2. The first-order valence-corrected chi connectivity index (χ1v) is 8.45. The Hall–Kier alpha value is -3.61. The first-order valence-electron chi connectivity index (χ1n) is 8.45. The Bertz CT molecular complexity index is 938. The lowest BCUT2D eigenvalue weighted by atomic mass is 10.0. The fourth-order valence-corrected chi connectivity index (χ4v) is 2.59. The Morgan fingerprint density at radius 3 is 2.67 bits per heavy atom. The van der Waals surface area contributed by atoms with Crippen LogP contribution >= 0.6 is 0 Å². The third kappa shape index (κ3) is 4.52. The monoisotopic (exact) mass is 363 g/mol. The molecule has 3 N–H and O–H groups in total. The predicted molar refractivity (Wildman–Crippen MR) is 104 cm³/mol. The van der Waals surface area contributed by atoms with Crippen LogP contribution in [0, 0.1) is 5.41 Å². The lowest BCUT2D eigenvalue weighted by molar-refractivity contribution is -0.113. The van der Waals surface area contributed by atoms with Crippen molar-refractivity contribution in [2.75, 3.05) is 12.4 Å². The number of aryl methyl sites for hydroxylation is 1. The molecule has 27 heavy (non-hydrogen) atoms. The SMILES string of the molecule is CN/C(C(=O)Nc1ccn(C)n1)=C1/C=C(OCc2ccccc2)C=CC1=N. The van der Waals surface area contributed by atoms with Gasteiger partial charge in [0.25, 0.3) is 5.91 Å². The van der Waals surface area contributed by atoms with Crippen molar-refractivity contribution in [2.24, 2.45) is 7.05 Å². The molecule has 3 rings (SSSR count). The number of hydrogen-bond donors (Lipinski definition) is 3. The first kappa shape index (κ1) is 18.2. The van der Waals surface area contributed by atoms with Crippen LogP contribution in [0.15, 0.2) is 77.9 Å². The second-order valence-corrected chi connectivity index (χ2v) is 5.94. The summed E-state index contributed by atoms with van der Waals surface area (Å²) in [5, 5.41) is 17.9. The van der Waals surface area contributed by atoms with E-state index in [0.717, 1.165) is 5.56 Å². The summed E-state index contributed by atoms with van der Waals surface area (Å²) in [6, 6.07) is 11.5. The van der Waals surface area contributed by atoms with Crippen LogP contribution in [0.1, 0.15) is 5.56 Å². The molecule has 2 aromatic rings. The molecule has 1 aliphatic rings. The van der Waals surface area contributed by atoms with E-state index in [1.165, 1.54) is 0 Å². The van der Waals surface area contributed by atoms with Gasteiger partial charge in [-0.25, -0.2) is 0 Å². The highest BCUT2D eigenvalue weighted by molar-refractivity contribution is 6.16. The summed E-state index contributed by atoms with van der Waals surface area (Å²) in [7, 11) is 3.41. The van der Waals surface area contributed by atoms with Crippen LogP contribution in [-0.2, 0) is 23.2 Å². The molecule has 7 nitrogen and oxygen atoms in total. The molecule has 1 aromatic carbocycles. The number of nitrogens with one attached hydrogen (secondary N) is 3. The lowest BCUT2D eigenvalue weighted by Crippen LogP contribution is -2.27. The number of carbonyl (C=O) groups is 1. The standard InChI is InChI=1S/C20H21N5O2/c1-22-19(20(26)23-18-10-11-25(2)24-18)16-12-15(8-9-17(16)21)27-13-14-6-4-3-5-7-14/h3-12,21-22H,13H2,1-2H3,(H,23,24,26)/b19-16-,21-17?. The van der Waals surface area contributed by atoms with E-state index in [1.54, 1.807) is 49.3 Å². The van der Waals surface area contributed by atoms with Crippen molar-refractivity contribution in [3.8, 4) is 0 Å². The van der Waals surface area contributed by atoms with E-state index in [1.807, 2.05) is 30.3 Å². The molecular formula is C20H21N5O2. The molecule has 1 amide bonds. The minimum absolute atomic E-state index is 0.225. The number of rotatable bonds is 6. The molecular weight excluding hydrogens is 342 g/mol. The van der Waals surface area contributed by atoms with Crippen molar-refractivity contribution in [1.29, 1.82) is 5.41 Å². The number of carbonyl (C=O) groups excluding carboxylic acids is 1. The van der Waals surface area contributed by atoms with Gasteiger partial charge in [0.05, 0.1) is 5.71 Å². The van der Waals surface area contributed by atoms with Crippen LogP contribution in [-0.4, -0.2) is 28.4 Å². The summed E-state index contributed by atoms with van der Waals surface area (Å²) in [6.07, 6.45) is 6.76. The molecule has 0 radical (unpaired) electrons. The topological polar surface area (TPSA) is 92.0 Å². The molecule has 0 spiro atoms. The van der Waals surface area contributed by atoms with E-state index >= 15 is 0 Å². The Balaban J connectivity index is 1.79. The summed E-state index contributed by atoms with van der Waals surface area (Å²) in [5.74, 6) is 0.659. The zero-order valence-corrected chi connectivity index (χ0v) is 15.2. The molecule has 7 heteroatoms. The maximum atomic E-state index is 12.6. The first-order chi connectivity index (χ1) is 13.1. The minimum atomic E-state index is -0.370. The Morgan fingerprint density at radius 1 is 1.22 bits per heavy atom. The van der Waals surface area contributed by atoms with Gasteiger partial charge in [0.15, 0.2) is 5.82 Å². The number of benzene rings is 1. The van der Waals surface area contributed by atoms with Crippen LogP contribution in [0.4, 0.5) is 5.82 Å². The molecule has 0 fully saturated rings. The Kier molecular flexibility index (Phi) is 5.51. The van der Waals surface area contributed by atoms with Gasteiger partial charge in [-0.3, -0.25) is 9.48 Å². The molecule has 1 aliphatic carbocycles. The van der Waals surface area contributed by atoms with Crippen LogP contribution in [0.5, 0.6) is 0 Å². The van der Waals surface area contributed by atoms with Crippen LogP contribution in [0.25, 0.3) is 0 Å². The van der Waals surface area contributed by atoms with Gasteiger partial charge < -0.3 is 20.8 Å². The van der Waals surface area contributed by atoms with Crippen molar-refractivity contribution in [2.45, 2.75) is 6.61 Å². The Labute approximate surface area is 157 Å². The second-order valence-electron chi connectivity index (χ2n) is 5.94. The van der Waals surface area contributed by atoms with Gasteiger partial charge in [-0.05, 0) is 23.8 Å². The maximum absolute atomic E-state index is 12.6. The Morgan fingerprint density at radius 2 is 2.00 bits per heavy atom. The quantitative estimate of drug-likeness (QED) is 0.688. The van der Waals surface area contributed by atoms with Gasteiger partial charge in [-0.2, -0.15) is 5.10 Å². The summed E-state index contributed by atoms with van der Waals surface area (Å²) < 4.78 is 7.41. The fourth-order valence-electron chi connectivity index (χ4n) is 2.59. The average molecular weight is 363 g/mol. The summed E-state index contributed by atoms with van der Waals surface area (Å²) in [4.78, 5) is 12.6. The average Bonchev–Trinajstić information content (AvgIpc) is 3.08. The summed E-state index contributed by atoms with van der Waals surface area (Å²) in [6.45, 7) is 0.409. The zero-order chi connectivity index (χ0) is 19.2. The summed E-state index contributed by atoms with van der Waals surface area (Å²) >= 11 is 0. The number of anilines is 1. The molecule has 0 bridgehead atoms. The molecule has 138 valence electrons. The third-order valence-electron chi connectivity index (χ3n) is 3.94. The van der Waals surface area contributed by atoms with E-state index < -0.39 is 0 Å². The van der Waals surface area contributed by atoms with Crippen LogP contribution in [0.2, 0.25) is 0 Å². The van der Waals surface area contributed by atoms with Crippen molar-refractivity contribution >= 4 is 17.4 Å². The zero-order valence-electron chi connectivity index (χ0n) is 15.2. The molecule has 0 atom stereocenters. The van der Waals surface area contributed by atoms with Gasteiger partial charge in [0.2, 0.25) is 0 Å². The van der Waals surface area contributed by atoms with E-state index in [-0.39, 0.29) is 17.3 Å². The lowest BCUT2D eigenvalue weighted by Gasteiger charge is -2.16. The van der Waals surface area contributed by atoms with Gasteiger partial charge in [-0.15, -0.1) is 0 Å². The van der Waals surface area contributed by atoms with Gasteiger partial charge in [-0.1, -0.05) is 30.3 Å². The fraction of sp³-hybridized carbons (Fsp3) is 0.150. The largest absolute Gasteiger partial charge is 0.489 e. The number of ether oxygens (including phenoxy) is 1. The number of nitrogens with zero attached hydrogens (tertiary/aromatic N) is 2. The van der Waals surface area contributed by atoms with Crippen molar-refractivity contribution in [1.82, 2.24) is 15.1 Å². The van der Waals surface area contributed by atoms with Gasteiger partial charge in [0.1, 0.15) is 18.1 Å². The smallest absolute Gasteiger partial charge is 0.273 e. The number of likely N-dealkylation sites (N-methyl/N-ethyl adjacent to an activating group) is 1. The molecule has 0 aliphatic heterocycles. The molecule has 0 saturated heterocycles. The molecule has 1 aromatic heterocycles. The van der Waals surface area contributed by atoms with E-state index in [4.69, 9.17) is 10.1 Å². The van der Waals surface area contributed by atoms with Crippen molar-refractivity contribution in [3.63, 3.8) is 0 Å². The predicted octanol–water partition coefficient (Wildman–Crippen LogP) is 2.52. The highest BCUT2D eigenvalue weighted by atomic mass is 16.5. The second kappa shape index (κ2) is 8.18. The molecule has 0 unspecified atom stereocenters.